The smallest absolute Gasteiger partial charge is 0.247 e. The molecule has 0 saturated carbocycles. The minimum absolute atomic E-state index is 0.0134. The van der Waals surface area contributed by atoms with Crippen molar-refractivity contribution in [1.29, 1.82) is 0 Å². The molecule has 1 amide bonds. The van der Waals surface area contributed by atoms with Gasteiger partial charge in [0.15, 0.2) is 5.65 Å². The summed E-state index contributed by atoms with van der Waals surface area (Å²) in [4.78, 5) is 16.4. The van der Waals surface area contributed by atoms with Crippen molar-refractivity contribution in [2.45, 2.75) is 19.3 Å². The summed E-state index contributed by atoms with van der Waals surface area (Å²) in [6.07, 6.45) is 0. The second-order valence-corrected chi connectivity index (χ2v) is 6.83. The van der Waals surface area contributed by atoms with Crippen LogP contribution in [0.5, 0.6) is 0 Å². The topological polar surface area (TPSA) is 71.3 Å². The van der Waals surface area contributed by atoms with Crippen LogP contribution in [0.15, 0.2) is 41.0 Å². The number of amides is 1. The van der Waals surface area contributed by atoms with Gasteiger partial charge in [0.05, 0.1) is 5.41 Å². The Balaban J connectivity index is 1.68. The van der Waals surface area contributed by atoms with Gasteiger partial charge < -0.3 is 10.6 Å². The molecule has 23 heavy (non-hydrogen) atoms. The second-order valence-electron chi connectivity index (χ2n) is 6.02. The van der Waals surface area contributed by atoms with E-state index in [1.54, 1.807) is 4.52 Å². The predicted octanol–water partition coefficient (Wildman–Crippen LogP) is 3.47. The van der Waals surface area contributed by atoms with E-state index in [9.17, 15) is 4.79 Å². The highest BCUT2D eigenvalue weighted by atomic mass is 79.9. The standard InChI is InChI=1S/C16H14BrN5O/c1-16(2)10-7-6-9(8-11(10)19-14(16)23)18-15-20-13-5-3-4-12(17)22(13)21-15/h3-8H,1-2H3,(H,18,21)(H,19,23). The molecule has 4 rings (SSSR count). The maximum Gasteiger partial charge on any atom is 0.247 e. The number of pyridine rings is 1. The Hall–Kier alpha value is -2.41. The molecule has 2 aromatic heterocycles. The first-order valence-corrected chi connectivity index (χ1v) is 7.99. The van der Waals surface area contributed by atoms with Gasteiger partial charge in [0.1, 0.15) is 4.60 Å². The zero-order valence-corrected chi connectivity index (χ0v) is 14.2. The van der Waals surface area contributed by atoms with Crippen LogP contribution in [0.2, 0.25) is 0 Å². The van der Waals surface area contributed by atoms with Crippen LogP contribution in [0.1, 0.15) is 19.4 Å². The molecule has 3 heterocycles. The Kier molecular flexibility index (Phi) is 2.96. The quantitative estimate of drug-likeness (QED) is 0.676. The van der Waals surface area contributed by atoms with Gasteiger partial charge in [-0.15, -0.1) is 5.10 Å². The molecule has 116 valence electrons. The van der Waals surface area contributed by atoms with E-state index in [2.05, 4.69) is 36.6 Å². The molecule has 1 aliphatic heterocycles. The van der Waals surface area contributed by atoms with E-state index < -0.39 is 5.41 Å². The summed E-state index contributed by atoms with van der Waals surface area (Å²) >= 11 is 3.44. The molecule has 7 heteroatoms. The summed E-state index contributed by atoms with van der Waals surface area (Å²) in [7, 11) is 0. The van der Waals surface area contributed by atoms with Gasteiger partial charge in [-0.2, -0.15) is 4.98 Å². The molecular weight excluding hydrogens is 358 g/mol. The van der Waals surface area contributed by atoms with Crippen LogP contribution in [0.3, 0.4) is 0 Å². The van der Waals surface area contributed by atoms with E-state index >= 15 is 0 Å². The van der Waals surface area contributed by atoms with Crippen LogP contribution in [-0.2, 0) is 10.2 Å². The van der Waals surface area contributed by atoms with Crippen LogP contribution in [0.25, 0.3) is 5.65 Å². The van der Waals surface area contributed by atoms with Crippen LogP contribution < -0.4 is 10.6 Å². The van der Waals surface area contributed by atoms with Crippen molar-refractivity contribution >= 4 is 44.8 Å². The van der Waals surface area contributed by atoms with Gasteiger partial charge in [-0.05, 0) is 59.6 Å². The van der Waals surface area contributed by atoms with E-state index in [-0.39, 0.29) is 5.91 Å². The first-order chi connectivity index (χ1) is 10.9. The first kappa shape index (κ1) is 14.2. The average molecular weight is 372 g/mol. The maximum atomic E-state index is 12.0. The lowest BCUT2D eigenvalue weighted by atomic mass is 9.86. The van der Waals surface area contributed by atoms with Crippen molar-refractivity contribution in [3.63, 3.8) is 0 Å². The SMILES string of the molecule is CC1(C)C(=O)Nc2cc(Nc3nc4cccc(Br)n4n3)ccc21. The summed E-state index contributed by atoms with van der Waals surface area (Å²) in [5, 5.41) is 10.5. The molecule has 0 bridgehead atoms. The molecule has 0 spiro atoms. The molecule has 1 aliphatic rings. The van der Waals surface area contributed by atoms with Crippen molar-refractivity contribution in [3.8, 4) is 0 Å². The van der Waals surface area contributed by atoms with Gasteiger partial charge in [-0.3, -0.25) is 4.79 Å². The number of fused-ring (bicyclic) bond motifs is 2. The number of nitrogens with zero attached hydrogens (tertiary/aromatic N) is 3. The summed E-state index contributed by atoms with van der Waals surface area (Å²) in [5.41, 5.74) is 2.90. The molecule has 0 atom stereocenters. The Morgan fingerprint density at radius 3 is 2.87 bits per heavy atom. The predicted molar refractivity (Wildman–Crippen MR) is 92.1 cm³/mol. The van der Waals surface area contributed by atoms with Crippen molar-refractivity contribution < 1.29 is 4.79 Å². The Labute approximate surface area is 141 Å². The van der Waals surface area contributed by atoms with E-state index in [0.717, 1.165) is 27.2 Å². The Morgan fingerprint density at radius 1 is 1.26 bits per heavy atom. The van der Waals surface area contributed by atoms with Gasteiger partial charge in [-0.1, -0.05) is 12.1 Å². The summed E-state index contributed by atoms with van der Waals surface area (Å²) < 4.78 is 2.54. The lowest BCUT2D eigenvalue weighted by Gasteiger charge is -2.14. The van der Waals surface area contributed by atoms with Crippen molar-refractivity contribution in [2.75, 3.05) is 10.6 Å². The van der Waals surface area contributed by atoms with Gasteiger partial charge in [0.2, 0.25) is 11.9 Å². The fourth-order valence-electron chi connectivity index (χ4n) is 2.73. The third kappa shape index (κ3) is 2.19. The number of benzene rings is 1. The van der Waals surface area contributed by atoms with Crippen molar-refractivity contribution in [3.05, 3.63) is 46.6 Å². The van der Waals surface area contributed by atoms with E-state index in [1.165, 1.54) is 0 Å². The molecule has 6 nitrogen and oxygen atoms in total. The molecule has 0 unspecified atom stereocenters. The fourth-order valence-corrected chi connectivity index (χ4v) is 3.14. The van der Waals surface area contributed by atoms with E-state index in [0.29, 0.717) is 5.95 Å². The third-order valence-electron chi connectivity index (χ3n) is 4.08. The molecule has 0 radical (unpaired) electrons. The number of carbonyl (C=O) groups excluding carboxylic acids is 1. The van der Waals surface area contributed by atoms with Crippen molar-refractivity contribution in [1.82, 2.24) is 14.6 Å². The summed E-state index contributed by atoms with van der Waals surface area (Å²) in [6.45, 7) is 3.84. The van der Waals surface area contributed by atoms with E-state index in [1.807, 2.05) is 50.2 Å². The number of anilines is 3. The number of halogens is 1. The Bertz CT molecular complexity index is 947. The van der Waals surface area contributed by atoms with Gasteiger partial charge in [-0.25, -0.2) is 4.52 Å². The lowest BCUT2D eigenvalue weighted by molar-refractivity contribution is -0.119. The van der Waals surface area contributed by atoms with E-state index in [4.69, 9.17) is 0 Å². The minimum atomic E-state index is -0.500. The van der Waals surface area contributed by atoms with Gasteiger partial charge in [0.25, 0.3) is 0 Å². The number of hydrogen-bond donors (Lipinski definition) is 2. The van der Waals surface area contributed by atoms with Crippen LogP contribution in [-0.4, -0.2) is 20.5 Å². The third-order valence-corrected chi connectivity index (χ3v) is 4.68. The monoisotopic (exact) mass is 371 g/mol. The number of hydrogen-bond acceptors (Lipinski definition) is 4. The number of carbonyl (C=O) groups is 1. The number of rotatable bonds is 2. The molecule has 0 saturated heterocycles. The molecule has 0 fully saturated rings. The highest BCUT2D eigenvalue weighted by Gasteiger charge is 2.38. The summed E-state index contributed by atoms with van der Waals surface area (Å²) in [6, 6.07) is 11.5. The highest BCUT2D eigenvalue weighted by molar-refractivity contribution is 9.10. The zero-order valence-electron chi connectivity index (χ0n) is 12.6. The van der Waals surface area contributed by atoms with Gasteiger partial charge in [0, 0.05) is 11.4 Å². The molecular formula is C16H14BrN5O. The number of nitrogens with one attached hydrogen (secondary N) is 2. The summed E-state index contributed by atoms with van der Waals surface area (Å²) in [5.74, 6) is 0.514. The zero-order chi connectivity index (χ0) is 16.2. The normalized spacial score (nSPS) is 15.5. The molecule has 1 aromatic carbocycles. The number of aromatic nitrogens is 3. The highest BCUT2D eigenvalue weighted by Crippen LogP contribution is 2.38. The average Bonchev–Trinajstić information content (AvgIpc) is 2.99. The van der Waals surface area contributed by atoms with Crippen LogP contribution in [0.4, 0.5) is 17.3 Å². The second kappa shape index (κ2) is 4.79. The fraction of sp³-hybridized carbons (Fsp3) is 0.188. The van der Waals surface area contributed by atoms with Crippen LogP contribution >= 0.6 is 15.9 Å². The maximum absolute atomic E-state index is 12.0. The van der Waals surface area contributed by atoms with Gasteiger partial charge >= 0.3 is 0 Å². The largest absolute Gasteiger partial charge is 0.325 e. The molecule has 0 aliphatic carbocycles. The lowest BCUT2D eigenvalue weighted by Crippen LogP contribution is -2.26. The first-order valence-electron chi connectivity index (χ1n) is 7.19. The minimum Gasteiger partial charge on any atom is -0.325 e. The molecule has 2 N–H and O–H groups in total. The van der Waals surface area contributed by atoms with Crippen LogP contribution in [0, 0.1) is 0 Å². The van der Waals surface area contributed by atoms with Crippen molar-refractivity contribution in [2.24, 2.45) is 0 Å². The Morgan fingerprint density at radius 2 is 2.09 bits per heavy atom. The molecule has 3 aromatic rings.